The summed E-state index contributed by atoms with van der Waals surface area (Å²) in [4.78, 5) is 8.18. The molecule has 0 atom stereocenters. The summed E-state index contributed by atoms with van der Waals surface area (Å²) in [6, 6.07) is 11.4. The highest BCUT2D eigenvalue weighted by atomic mass is 32.2. The molecule has 0 spiro atoms. The van der Waals surface area contributed by atoms with Gasteiger partial charge in [0.2, 0.25) is 15.7 Å². The second-order valence-electron chi connectivity index (χ2n) is 4.90. The summed E-state index contributed by atoms with van der Waals surface area (Å²) in [5.74, 6) is 0.266. The average molecular weight is 329 g/mol. The summed E-state index contributed by atoms with van der Waals surface area (Å²) in [6.07, 6.45) is 5.27. The first-order chi connectivity index (χ1) is 11.1. The molecule has 0 bridgehead atoms. The lowest BCUT2D eigenvalue weighted by Gasteiger charge is -2.07. The van der Waals surface area contributed by atoms with E-state index in [2.05, 4.69) is 9.97 Å². The Morgan fingerprint density at radius 3 is 2.57 bits per heavy atom. The number of hydrogen-bond donors (Lipinski definition) is 0. The number of benzene rings is 1. The van der Waals surface area contributed by atoms with Gasteiger partial charge in [-0.15, -0.1) is 0 Å². The first-order valence-corrected chi connectivity index (χ1v) is 8.39. The van der Waals surface area contributed by atoms with Crippen molar-refractivity contribution < 1.29 is 13.2 Å². The highest BCUT2D eigenvalue weighted by Gasteiger charge is 2.19. The predicted molar refractivity (Wildman–Crippen MR) is 84.0 cm³/mol. The molecule has 0 aliphatic heterocycles. The van der Waals surface area contributed by atoms with Crippen LogP contribution in [0.4, 0.5) is 0 Å². The average Bonchev–Trinajstić information content (AvgIpc) is 3.08. The largest absolute Gasteiger partial charge is 0.481 e. The van der Waals surface area contributed by atoms with Crippen LogP contribution in [0.15, 0.2) is 71.1 Å². The summed E-state index contributed by atoms with van der Waals surface area (Å²) >= 11 is 0. The topological polar surface area (TPSA) is 74.1 Å². The Labute approximate surface area is 134 Å². The summed E-state index contributed by atoms with van der Waals surface area (Å²) in [7, 11) is -2.21. The molecular weight excluding hydrogens is 314 g/mol. The minimum absolute atomic E-state index is 0.0285. The van der Waals surface area contributed by atoms with Crippen molar-refractivity contribution in [3.8, 4) is 5.88 Å². The van der Waals surface area contributed by atoms with Gasteiger partial charge in [-0.3, -0.25) is 0 Å². The van der Waals surface area contributed by atoms with Gasteiger partial charge in [-0.1, -0.05) is 18.2 Å². The van der Waals surface area contributed by atoms with Crippen molar-refractivity contribution in [2.45, 2.75) is 16.5 Å². The van der Waals surface area contributed by atoms with Crippen molar-refractivity contribution in [2.75, 3.05) is 7.11 Å². The molecule has 0 N–H and O–H groups in total. The van der Waals surface area contributed by atoms with Crippen molar-refractivity contribution in [2.24, 2.45) is 0 Å². The molecule has 2 aromatic heterocycles. The lowest BCUT2D eigenvalue weighted by Crippen LogP contribution is -2.05. The smallest absolute Gasteiger partial charge is 0.223 e. The van der Waals surface area contributed by atoms with Gasteiger partial charge in [0.05, 0.1) is 18.3 Å². The molecule has 0 fully saturated rings. The Morgan fingerprint density at radius 1 is 1.13 bits per heavy atom. The maximum atomic E-state index is 12.6. The van der Waals surface area contributed by atoms with Gasteiger partial charge in [-0.2, -0.15) is 0 Å². The molecule has 3 rings (SSSR count). The zero-order valence-electron chi connectivity index (χ0n) is 12.5. The Bertz CT molecular complexity index is 889. The molecule has 7 heteroatoms. The molecule has 0 saturated carbocycles. The summed E-state index contributed by atoms with van der Waals surface area (Å²) in [5, 5.41) is -0.0285. The second kappa shape index (κ2) is 6.21. The van der Waals surface area contributed by atoms with Gasteiger partial charge >= 0.3 is 0 Å². The summed E-state index contributed by atoms with van der Waals surface area (Å²) in [5.41, 5.74) is 0.987. The van der Waals surface area contributed by atoms with E-state index in [0.717, 1.165) is 5.56 Å². The van der Waals surface area contributed by atoms with E-state index < -0.39 is 9.84 Å². The lowest BCUT2D eigenvalue weighted by molar-refractivity contribution is 0.393. The number of imidazole rings is 1. The minimum Gasteiger partial charge on any atom is -0.481 e. The molecule has 3 aromatic rings. The zero-order chi connectivity index (χ0) is 16.3. The minimum atomic E-state index is -3.66. The predicted octanol–water partition coefficient (Wildman–Crippen LogP) is 2.17. The molecule has 0 amide bonds. The second-order valence-corrected chi connectivity index (χ2v) is 6.80. The van der Waals surface area contributed by atoms with Gasteiger partial charge in [0, 0.05) is 25.0 Å². The van der Waals surface area contributed by atoms with Crippen molar-refractivity contribution >= 4 is 9.84 Å². The number of ether oxygens (including phenoxy) is 1. The number of nitrogens with zero attached hydrogens (tertiary/aromatic N) is 3. The molecule has 2 heterocycles. The Hall–Kier alpha value is -2.67. The fourth-order valence-electron chi connectivity index (χ4n) is 2.15. The normalized spacial score (nSPS) is 11.3. The van der Waals surface area contributed by atoms with Crippen LogP contribution in [0.5, 0.6) is 5.88 Å². The fraction of sp³-hybridized carbons (Fsp3) is 0.125. The van der Waals surface area contributed by atoms with E-state index in [1.54, 1.807) is 48.9 Å². The maximum Gasteiger partial charge on any atom is 0.223 e. The zero-order valence-corrected chi connectivity index (χ0v) is 13.3. The van der Waals surface area contributed by atoms with Gasteiger partial charge in [-0.25, -0.2) is 18.4 Å². The van der Waals surface area contributed by atoms with E-state index in [0.29, 0.717) is 6.54 Å². The highest BCUT2D eigenvalue weighted by molar-refractivity contribution is 7.91. The summed E-state index contributed by atoms with van der Waals surface area (Å²) in [6.45, 7) is 0.637. The summed E-state index contributed by atoms with van der Waals surface area (Å²) < 4.78 is 32.1. The number of rotatable bonds is 5. The SMILES string of the molecule is COc1cccc(S(=O)(=O)c2ccc(Cn3ccnc3)cc2)n1. The molecule has 0 aliphatic rings. The number of methoxy groups -OCH3 is 1. The molecule has 6 nitrogen and oxygen atoms in total. The number of hydrogen-bond acceptors (Lipinski definition) is 5. The third-order valence-corrected chi connectivity index (χ3v) is 5.01. The first-order valence-electron chi connectivity index (χ1n) is 6.90. The first kappa shape index (κ1) is 15.2. The highest BCUT2D eigenvalue weighted by Crippen LogP contribution is 2.21. The number of pyridine rings is 1. The quantitative estimate of drug-likeness (QED) is 0.717. The molecule has 23 heavy (non-hydrogen) atoms. The van der Waals surface area contributed by atoms with Gasteiger partial charge in [0.15, 0.2) is 5.03 Å². The Morgan fingerprint density at radius 2 is 1.91 bits per heavy atom. The number of aromatic nitrogens is 3. The van der Waals surface area contributed by atoms with Crippen molar-refractivity contribution in [1.82, 2.24) is 14.5 Å². The van der Waals surface area contributed by atoms with Crippen LogP contribution in [0.3, 0.4) is 0 Å². The Kier molecular flexibility index (Phi) is 4.12. The van der Waals surface area contributed by atoms with Gasteiger partial charge in [0.1, 0.15) is 0 Å². The van der Waals surface area contributed by atoms with E-state index in [1.807, 2.05) is 10.8 Å². The van der Waals surface area contributed by atoms with Crippen molar-refractivity contribution in [3.63, 3.8) is 0 Å². The van der Waals surface area contributed by atoms with Crippen LogP contribution in [0.1, 0.15) is 5.56 Å². The molecule has 0 unspecified atom stereocenters. The van der Waals surface area contributed by atoms with E-state index in [9.17, 15) is 8.42 Å². The van der Waals surface area contributed by atoms with Gasteiger partial charge < -0.3 is 9.30 Å². The Balaban J connectivity index is 1.88. The third kappa shape index (κ3) is 3.24. The van der Waals surface area contributed by atoms with E-state index >= 15 is 0 Å². The molecular formula is C16H15N3O3S. The van der Waals surface area contributed by atoms with Crippen LogP contribution in [0.25, 0.3) is 0 Å². The van der Waals surface area contributed by atoms with Crippen molar-refractivity contribution in [3.05, 3.63) is 66.7 Å². The van der Waals surface area contributed by atoms with Gasteiger partial charge in [-0.05, 0) is 23.8 Å². The van der Waals surface area contributed by atoms with Gasteiger partial charge in [0.25, 0.3) is 0 Å². The maximum absolute atomic E-state index is 12.6. The standard InChI is InChI=1S/C16H15N3O3S/c1-22-15-3-2-4-16(18-15)23(20,21)14-7-5-13(6-8-14)11-19-10-9-17-12-19/h2-10,12H,11H2,1H3. The third-order valence-electron chi connectivity index (χ3n) is 3.34. The molecule has 0 aliphatic carbocycles. The van der Waals surface area contributed by atoms with Crippen LogP contribution < -0.4 is 4.74 Å². The van der Waals surface area contributed by atoms with E-state index in [-0.39, 0.29) is 15.8 Å². The molecule has 1 aromatic carbocycles. The van der Waals surface area contributed by atoms with Crippen LogP contribution in [-0.2, 0) is 16.4 Å². The van der Waals surface area contributed by atoms with Crippen LogP contribution >= 0.6 is 0 Å². The van der Waals surface area contributed by atoms with E-state index in [1.165, 1.54) is 13.2 Å². The van der Waals surface area contributed by atoms with E-state index in [4.69, 9.17) is 4.74 Å². The number of sulfone groups is 1. The monoisotopic (exact) mass is 329 g/mol. The molecule has 118 valence electrons. The van der Waals surface area contributed by atoms with Crippen LogP contribution in [0, 0.1) is 0 Å². The fourth-order valence-corrected chi connectivity index (χ4v) is 3.35. The van der Waals surface area contributed by atoms with Crippen molar-refractivity contribution in [1.29, 1.82) is 0 Å². The van der Waals surface area contributed by atoms with Crippen LogP contribution in [-0.4, -0.2) is 30.1 Å². The van der Waals surface area contributed by atoms with Crippen LogP contribution in [0.2, 0.25) is 0 Å². The molecule has 0 radical (unpaired) electrons. The lowest BCUT2D eigenvalue weighted by atomic mass is 10.2. The molecule has 0 saturated heterocycles.